The Balaban J connectivity index is 1.67. The first-order valence-electron chi connectivity index (χ1n) is 7.58. The van der Waals surface area contributed by atoms with E-state index in [4.69, 9.17) is 4.52 Å². The van der Waals surface area contributed by atoms with Gasteiger partial charge in [0.2, 0.25) is 0 Å². The third kappa shape index (κ3) is 2.66. The number of aromatic nitrogens is 2. The van der Waals surface area contributed by atoms with Gasteiger partial charge in [-0.3, -0.25) is 4.98 Å². The lowest BCUT2D eigenvalue weighted by atomic mass is 10.1. The van der Waals surface area contributed by atoms with Gasteiger partial charge in [-0.2, -0.15) is 4.31 Å². The predicted octanol–water partition coefficient (Wildman–Crippen LogP) is 3.32. The molecule has 0 saturated carbocycles. The lowest BCUT2D eigenvalue weighted by Crippen LogP contribution is -2.30. The van der Waals surface area contributed by atoms with Crippen LogP contribution in [-0.2, 0) is 10.0 Å². The molecule has 3 aromatic heterocycles. The maximum absolute atomic E-state index is 13.0. The molecule has 0 aliphatic carbocycles. The summed E-state index contributed by atoms with van der Waals surface area (Å²) in [6.07, 6.45) is 4.98. The maximum Gasteiger partial charge on any atom is 0.279 e. The van der Waals surface area contributed by atoms with Gasteiger partial charge in [0.25, 0.3) is 15.1 Å². The molecule has 24 heavy (non-hydrogen) atoms. The van der Waals surface area contributed by atoms with Gasteiger partial charge in [0.1, 0.15) is 5.69 Å². The SMILES string of the molecule is O=S(=O)(c1cc(-c2cccs2)no1)N1CCCC1c1cccnc1. The first kappa shape index (κ1) is 15.5. The lowest BCUT2D eigenvalue weighted by molar-refractivity contribution is 0.317. The summed E-state index contributed by atoms with van der Waals surface area (Å²) in [5.74, 6) is 0. The first-order chi connectivity index (χ1) is 11.7. The summed E-state index contributed by atoms with van der Waals surface area (Å²) in [7, 11) is -3.73. The van der Waals surface area contributed by atoms with E-state index in [-0.39, 0.29) is 11.1 Å². The third-order valence-corrected chi connectivity index (χ3v) is 6.75. The maximum atomic E-state index is 13.0. The number of hydrogen-bond acceptors (Lipinski definition) is 6. The largest absolute Gasteiger partial charge is 0.342 e. The van der Waals surface area contributed by atoms with Crippen LogP contribution in [0.1, 0.15) is 24.4 Å². The van der Waals surface area contributed by atoms with Crippen molar-refractivity contribution in [3.05, 3.63) is 53.7 Å². The van der Waals surface area contributed by atoms with E-state index in [0.29, 0.717) is 12.2 Å². The van der Waals surface area contributed by atoms with Crippen LogP contribution in [0.4, 0.5) is 0 Å². The monoisotopic (exact) mass is 361 g/mol. The van der Waals surface area contributed by atoms with Crippen molar-refractivity contribution >= 4 is 21.4 Å². The average Bonchev–Trinajstić information content (AvgIpc) is 3.35. The van der Waals surface area contributed by atoms with Crippen LogP contribution < -0.4 is 0 Å². The van der Waals surface area contributed by atoms with Gasteiger partial charge in [-0.1, -0.05) is 17.3 Å². The van der Waals surface area contributed by atoms with Gasteiger partial charge < -0.3 is 4.52 Å². The summed E-state index contributed by atoms with van der Waals surface area (Å²) in [6.45, 7) is 0.469. The van der Waals surface area contributed by atoms with Crippen LogP contribution in [0.2, 0.25) is 0 Å². The molecule has 1 unspecified atom stereocenters. The summed E-state index contributed by atoms with van der Waals surface area (Å²) in [6, 6.07) is 8.79. The molecule has 3 aromatic rings. The Morgan fingerprint density at radius 2 is 2.21 bits per heavy atom. The summed E-state index contributed by atoms with van der Waals surface area (Å²) in [5.41, 5.74) is 1.44. The number of hydrogen-bond donors (Lipinski definition) is 0. The van der Waals surface area contributed by atoms with Crippen molar-refractivity contribution in [3.63, 3.8) is 0 Å². The van der Waals surface area contributed by atoms with Gasteiger partial charge >= 0.3 is 0 Å². The molecule has 1 atom stereocenters. The molecule has 1 fully saturated rings. The molecule has 0 amide bonds. The smallest absolute Gasteiger partial charge is 0.279 e. The van der Waals surface area contributed by atoms with Gasteiger partial charge in [-0.05, 0) is 35.9 Å². The van der Waals surface area contributed by atoms with Crippen molar-refractivity contribution in [1.29, 1.82) is 0 Å². The summed E-state index contributed by atoms with van der Waals surface area (Å²) >= 11 is 1.49. The topological polar surface area (TPSA) is 76.3 Å². The van der Waals surface area contributed by atoms with Gasteiger partial charge in [-0.15, -0.1) is 11.3 Å². The number of sulfonamides is 1. The highest BCUT2D eigenvalue weighted by molar-refractivity contribution is 7.89. The second kappa shape index (κ2) is 6.12. The molecular formula is C16H15N3O3S2. The zero-order chi connectivity index (χ0) is 16.6. The fraction of sp³-hybridized carbons (Fsp3) is 0.250. The second-order valence-electron chi connectivity index (χ2n) is 5.57. The lowest BCUT2D eigenvalue weighted by Gasteiger charge is -2.22. The summed E-state index contributed by atoms with van der Waals surface area (Å²) < 4.78 is 32.6. The van der Waals surface area contributed by atoms with Crippen molar-refractivity contribution < 1.29 is 12.9 Å². The number of rotatable bonds is 4. The molecule has 124 valence electrons. The van der Waals surface area contributed by atoms with Crippen molar-refractivity contribution in [1.82, 2.24) is 14.4 Å². The van der Waals surface area contributed by atoms with E-state index in [2.05, 4.69) is 10.1 Å². The van der Waals surface area contributed by atoms with E-state index >= 15 is 0 Å². The van der Waals surface area contributed by atoms with Crippen LogP contribution in [0.15, 0.2) is 57.7 Å². The molecule has 0 N–H and O–H groups in total. The number of nitrogens with zero attached hydrogens (tertiary/aromatic N) is 3. The van der Waals surface area contributed by atoms with Gasteiger partial charge in [0, 0.05) is 25.0 Å². The van der Waals surface area contributed by atoms with Crippen LogP contribution in [0.5, 0.6) is 0 Å². The van der Waals surface area contributed by atoms with Crippen LogP contribution in [0, 0.1) is 0 Å². The number of pyridine rings is 1. The molecular weight excluding hydrogens is 346 g/mol. The zero-order valence-electron chi connectivity index (χ0n) is 12.7. The standard InChI is InChI=1S/C16H15N3O3S2/c20-24(21,16-10-13(18-22-16)15-6-3-9-23-15)19-8-2-5-14(19)12-4-1-7-17-11-12/h1,3-4,6-7,9-11,14H,2,5,8H2. The molecule has 0 aromatic carbocycles. The van der Waals surface area contributed by atoms with Gasteiger partial charge in [0.05, 0.1) is 10.9 Å². The molecule has 1 aliphatic rings. The van der Waals surface area contributed by atoms with E-state index in [9.17, 15) is 8.42 Å². The Bertz CT molecular complexity index is 921. The predicted molar refractivity (Wildman–Crippen MR) is 89.9 cm³/mol. The van der Waals surface area contributed by atoms with Gasteiger partial charge in [0.15, 0.2) is 0 Å². The fourth-order valence-corrected chi connectivity index (χ4v) is 5.20. The van der Waals surface area contributed by atoms with E-state index in [1.807, 2.05) is 29.6 Å². The quantitative estimate of drug-likeness (QED) is 0.712. The molecule has 1 saturated heterocycles. The highest BCUT2D eigenvalue weighted by atomic mass is 32.2. The molecule has 0 bridgehead atoms. The molecule has 1 aliphatic heterocycles. The highest BCUT2D eigenvalue weighted by Crippen LogP contribution is 2.37. The van der Waals surface area contributed by atoms with Crippen LogP contribution in [-0.4, -0.2) is 29.4 Å². The Kier molecular flexibility index (Phi) is 3.95. The van der Waals surface area contributed by atoms with Crippen LogP contribution in [0.3, 0.4) is 0 Å². The third-order valence-electron chi connectivity index (χ3n) is 4.10. The summed E-state index contributed by atoms with van der Waals surface area (Å²) in [4.78, 5) is 4.98. The minimum atomic E-state index is -3.73. The van der Waals surface area contributed by atoms with Gasteiger partial charge in [-0.25, -0.2) is 8.42 Å². The summed E-state index contributed by atoms with van der Waals surface area (Å²) in [5, 5.41) is 5.72. The normalized spacial score (nSPS) is 18.9. The Morgan fingerprint density at radius 3 is 2.96 bits per heavy atom. The van der Waals surface area contributed by atoms with Crippen molar-refractivity contribution in [2.45, 2.75) is 24.0 Å². The Hall–Kier alpha value is -2.03. The number of thiophene rings is 1. The van der Waals surface area contributed by atoms with E-state index in [0.717, 1.165) is 23.3 Å². The average molecular weight is 361 g/mol. The molecule has 8 heteroatoms. The van der Waals surface area contributed by atoms with E-state index in [1.54, 1.807) is 12.4 Å². The minimum Gasteiger partial charge on any atom is -0.342 e. The Labute approximate surface area is 143 Å². The molecule has 6 nitrogen and oxygen atoms in total. The molecule has 4 rings (SSSR count). The van der Waals surface area contributed by atoms with Crippen LogP contribution in [0.25, 0.3) is 10.6 Å². The molecule has 4 heterocycles. The van der Waals surface area contributed by atoms with Crippen molar-refractivity contribution in [2.24, 2.45) is 0 Å². The van der Waals surface area contributed by atoms with E-state index in [1.165, 1.54) is 21.7 Å². The first-order valence-corrected chi connectivity index (χ1v) is 9.90. The zero-order valence-corrected chi connectivity index (χ0v) is 14.3. The minimum absolute atomic E-state index is 0.110. The molecule has 0 radical (unpaired) electrons. The van der Waals surface area contributed by atoms with Crippen LogP contribution >= 0.6 is 11.3 Å². The Morgan fingerprint density at radius 1 is 1.29 bits per heavy atom. The molecule has 0 spiro atoms. The fourth-order valence-electron chi connectivity index (χ4n) is 2.97. The second-order valence-corrected chi connectivity index (χ2v) is 8.34. The van der Waals surface area contributed by atoms with Crippen molar-refractivity contribution in [3.8, 4) is 10.6 Å². The highest BCUT2D eigenvalue weighted by Gasteiger charge is 2.38. The van der Waals surface area contributed by atoms with E-state index < -0.39 is 10.0 Å². The van der Waals surface area contributed by atoms with Crippen molar-refractivity contribution in [2.75, 3.05) is 6.54 Å².